The van der Waals surface area contributed by atoms with E-state index < -0.39 is 0 Å². The van der Waals surface area contributed by atoms with E-state index in [2.05, 4.69) is 25.9 Å². The Morgan fingerprint density at radius 2 is 2.04 bits per heavy atom. The monoisotopic (exact) mass is 352 g/mol. The topological polar surface area (TPSA) is 97.9 Å². The quantitative estimate of drug-likeness (QED) is 0.749. The number of rotatable bonds is 4. The summed E-state index contributed by atoms with van der Waals surface area (Å²) in [5.41, 5.74) is 2.65. The van der Waals surface area contributed by atoms with Gasteiger partial charge in [0.15, 0.2) is 5.82 Å². The molecule has 0 unspecified atom stereocenters. The molecule has 0 fully saturated rings. The minimum atomic E-state index is -0.320. The molecule has 0 atom stereocenters. The van der Waals surface area contributed by atoms with Crippen molar-refractivity contribution in [3.05, 3.63) is 41.9 Å². The number of anilines is 2. The van der Waals surface area contributed by atoms with Gasteiger partial charge in [0, 0.05) is 36.0 Å². The molecule has 1 aliphatic rings. The Bertz CT molecular complexity index is 889. The lowest BCUT2D eigenvalue weighted by Gasteiger charge is -2.11. The standard InChI is InChI=1S/C18H20N6O2/c1-2-16-21-22-17(26-16)12-6-8-13(9-7-12)19-18(25)20-15-11-14-5-3-4-10-24(14)23-15/h6-9,11H,2-5,10H2,1H3,(H2,19,20,23,25). The summed E-state index contributed by atoms with van der Waals surface area (Å²) in [4.78, 5) is 12.2. The first-order valence-corrected chi connectivity index (χ1v) is 8.79. The fraction of sp³-hybridized carbons (Fsp3) is 0.333. The van der Waals surface area contributed by atoms with E-state index in [0.717, 1.165) is 24.9 Å². The summed E-state index contributed by atoms with van der Waals surface area (Å²) in [5, 5.41) is 18.0. The van der Waals surface area contributed by atoms with E-state index in [1.165, 1.54) is 12.1 Å². The molecule has 2 amide bonds. The maximum atomic E-state index is 12.2. The Labute approximate surface area is 150 Å². The number of nitrogens with zero attached hydrogens (tertiary/aromatic N) is 4. The van der Waals surface area contributed by atoms with E-state index in [-0.39, 0.29) is 6.03 Å². The molecule has 2 aromatic heterocycles. The van der Waals surface area contributed by atoms with Gasteiger partial charge in [-0.1, -0.05) is 6.92 Å². The number of aryl methyl sites for hydroxylation is 3. The average molecular weight is 352 g/mol. The van der Waals surface area contributed by atoms with Crippen molar-refractivity contribution in [1.29, 1.82) is 0 Å². The van der Waals surface area contributed by atoms with E-state index in [4.69, 9.17) is 4.42 Å². The normalized spacial score (nSPS) is 13.3. The molecule has 26 heavy (non-hydrogen) atoms. The molecule has 2 N–H and O–H groups in total. The van der Waals surface area contributed by atoms with Gasteiger partial charge in [-0.3, -0.25) is 10.00 Å². The fourth-order valence-corrected chi connectivity index (χ4v) is 2.97. The number of nitrogens with one attached hydrogen (secondary N) is 2. The Morgan fingerprint density at radius 1 is 1.19 bits per heavy atom. The number of carbonyl (C=O) groups excluding carboxylic acids is 1. The van der Waals surface area contributed by atoms with Crippen molar-refractivity contribution in [2.45, 2.75) is 39.2 Å². The first-order valence-electron chi connectivity index (χ1n) is 8.79. The van der Waals surface area contributed by atoms with Gasteiger partial charge in [-0.05, 0) is 43.5 Å². The van der Waals surface area contributed by atoms with Gasteiger partial charge >= 0.3 is 6.03 Å². The van der Waals surface area contributed by atoms with Crippen LogP contribution >= 0.6 is 0 Å². The third kappa shape index (κ3) is 3.44. The summed E-state index contributed by atoms with van der Waals surface area (Å²) in [6, 6.07) is 8.86. The highest BCUT2D eigenvalue weighted by Crippen LogP contribution is 2.21. The zero-order valence-electron chi connectivity index (χ0n) is 14.5. The predicted octanol–water partition coefficient (Wildman–Crippen LogP) is 3.48. The minimum Gasteiger partial charge on any atom is -0.421 e. The molecule has 8 heteroatoms. The van der Waals surface area contributed by atoms with Crippen LogP contribution in [-0.2, 0) is 19.4 Å². The van der Waals surface area contributed by atoms with Crippen LogP contribution in [0.15, 0.2) is 34.7 Å². The molecule has 1 aliphatic heterocycles. The van der Waals surface area contributed by atoms with Crippen LogP contribution in [0.25, 0.3) is 11.5 Å². The Morgan fingerprint density at radius 3 is 2.77 bits per heavy atom. The molecule has 3 aromatic rings. The maximum absolute atomic E-state index is 12.2. The molecule has 0 spiro atoms. The van der Waals surface area contributed by atoms with E-state index in [9.17, 15) is 4.79 Å². The number of amides is 2. The van der Waals surface area contributed by atoms with Crippen LogP contribution in [0.5, 0.6) is 0 Å². The molecule has 134 valence electrons. The highest BCUT2D eigenvalue weighted by molar-refractivity contribution is 5.99. The van der Waals surface area contributed by atoms with Crippen molar-refractivity contribution >= 4 is 17.5 Å². The van der Waals surface area contributed by atoms with Gasteiger partial charge < -0.3 is 9.73 Å². The van der Waals surface area contributed by atoms with Gasteiger partial charge in [-0.15, -0.1) is 10.2 Å². The van der Waals surface area contributed by atoms with Gasteiger partial charge in [-0.25, -0.2) is 4.79 Å². The van der Waals surface area contributed by atoms with Gasteiger partial charge in [0.1, 0.15) is 0 Å². The van der Waals surface area contributed by atoms with Gasteiger partial charge in [0.05, 0.1) is 0 Å². The van der Waals surface area contributed by atoms with Crippen molar-refractivity contribution in [1.82, 2.24) is 20.0 Å². The van der Waals surface area contributed by atoms with Crippen LogP contribution < -0.4 is 10.6 Å². The van der Waals surface area contributed by atoms with Crippen LogP contribution in [0.4, 0.5) is 16.3 Å². The number of hydrogen-bond donors (Lipinski definition) is 2. The minimum absolute atomic E-state index is 0.320. The van der Waals surface area contributed by atoms with Crippen LogP contribution in [-0.4, -0.2) is 26.0 Å². The highest BCUT2D eigenvalue weighted by Gasteiger charge is 2.14. The van der Waals surface area contributed by atoms with Gasteiger partial charge in [0.2, 0.25) is 11.8 Å². The molecule has 0 saturated carbocycles. The number of benzene rings is 1. The van der Waals surface area contributed by atoms with Gasteiger partial charge in [0.25, 0.3) is 0 Å². The van der Waals surface area contributed by atoms with E-state index in [0.29, 0.717) is 29.7 Å². The largest absolute Gasteiger partial charge is 0.421 e. The van der Waals surface area contributed by atoms with Crippen LogP contribution in [0, 0.1) is 0 Å². The first-order chi connectivity index (χ1) is 12.7. The second-order valence-corrected chi connectivity index (χ2v) is 6.21. The Kier molecular flexibility index (Phi) is 4.39. The summed E-state index contributed by atoms with van der Waals surface area (Å²) >= 11 is 0. The smallest absolute Gasteiger partial charge is 0.324 e. The third-order valence-electron chi connectivity index (χ3n) is 4.32. The summed E-state index contributed by atoms with van der Waals surface area (Å²) < 4.78 is 7.49. The number of fused-ring (bicyclic) bond motifs is 1. The molecular formula is C18H20N6O2. The molecule has 0 radical (unpaired) electrons. The number of carbonyl (C=O) groups is 1. The molecule has 4 rings (SSSR count). The number of aromatic nitrogens is 4. The number of hydrogen-bond acceptors (Lipinski definition) is 5. The molecule has 8 nitrogen and oxygen atoms in total. The maximum Gasteiger partial charge on any atom is 0.324 e. The fourth-order valence-electron chi connectivity index (χ4n) is 2.97. The molecule has 0 bridgehead atoms. The Hall–Kier alpha value is -3.16. The average Bonchev–Trinajstić information content (AvgIpc) is 3.28. The third-order valence-corrected chi connectivity index (χ3v) is 4.32. The summed E-state index contributed by atoms with van der Waals surface area (Å²) in [6.45, 7) is 2.87. The molecule has 1 aromatic carbocycles. The zero-order chi connectivity index (χ0) is 17.9. The lowest BCUT2D eigenvalue weighted by molar-refractivity contribution is 0.262. The van der Waals surface area contributed by atoms with E-state index in [1.807, 2.05) is 29.8 Å². The lowest BCUT2D eigenvalue weighted by atomic mass is 10.1. The highest BCUT2D eigenvalue weighted by atomic mass is 16.4. The second-order valence-electron chi connectivity index (χ2n) is 6.21. The van der Waals surface area contributed by atoms with Crippen LogP contribution in [0.1, 0.15) is 31.4 Å². The van der Waals surface area contributed by atoms with Crippen LogP contribution in [0.2, 0.25) is 0 Å². The van der Waals surface area contributed by atoms with E-state index in [1.54, 1.807) is 12.1 Å². The molecular weight excluding hydrogens is 332 g/mol. The summed E-state index contributed by atoms with van der Waals surface area (Å²) in [6.07, 6.45) is 4.01. The van der Waals surface area contributed by atoms with Crippen molar-refractivity contribution in [2.75, 3.05) is 10.6 Å². The number of urea groups is 1. The zero-order valence-corrected chi connectivity index (χ0v) is 14.5. The predicted molar refractivity (Wildman–Crippen MR) is 96.9 cm³/mol. The lowest BCUT2D eigenvalue weighted by Crippen LogP contribution is -2.19. The van der Waals surface area contributed by atoms with Crippen molar-refractivity contribution in [3.63, 3.8) is 0 Å². The van der Waals surface area contributed by atoms with Crippen LogP contribution in [0.3, 0.4) is 0 Å². The van der Waals surface area contributed by atoms with Crippen molar-refractivity contribution < 1.29 is 9.21 Å². The molecule has 0 aliphatic carbocycles. The summed E-state index contributed by atoms with van der Waals surface area (Å²) in [7, 11) is 0. The van der Waals surface area contributed by atoms with Crippen molar-refractivity contribution in [2.24, 2.45) is 0 Å². The SMILES string of the molecule is CCc1nnc(-c2ccc(NC(=O)Nc3cc4n(n3)CCCC4)cc2)o1. The van der Waals surface area contributed by atoms with Gasteiger partial charge in [-0.2, -0.15) is 5.10 Å². The molecule has 0 saturated heterocycles. The van der Waals surface area contributed by atoms with Crippen molar-refractivity contribution in [3.8, 4) is 11.5 Å². The van der Waals surface area contributed by atoms with E-state index >= 15 is 0 Å². The molecule has 3 heterocycles. The summed E-state index contributed by atoms with van der Waals surface area (Å²) in [5.74, 6) is 1.65. The first kappa shape index (κ1) is 16.3. The second kappa shape index (κ2) is 6.99. The Balaban J connectivity index is 1.39.